The van der Waals surface area contributed by atoms with Crippen LogP contribution in [0.15, 0.2) is 0 Å². The molecule has 3 rings (SSSR count). The van der Waals surface area contributed by atoms with Crippen LogP contribution in [0.4, 0.5) is 0 Å². The van der Waals surface area contributed by atoms with Gasteiger partial charge in [0.1, 0.15) is 0 Å². The predicted molar refractivity (Wildman–Crippen MR) is 73.8 cm³/mol. The summed E-state index contributed by atoms with van der Waals surface area (Å²) in [5.41, 5.74) is 0.471. The summed E-state index contributed by atoms with van der Waals surface area (Å²) in [4.78, 5) is 2.85. The SMILES string of the molecule is CC(C1CCOC1)N1CCNCC12CCCCC2. The lowest BCUT2D eigenvalue weighted by Gasteiger charge is -2.53. The molecule has 18 heavy (non-hydrogen) atoms. The number of hydrogen-bond acceptors (Lipinski definition) is 3. The van der Waals surface area contributed by atoms with Gasteiger partial charge in [0.15, 0.2) is 0 Å². The second kappa shape index (κ2) is 5.48. The summed E-state index contributed by atoms with van der Waals surface area (Å²) < 4.78 is 5.60. The molecule has 0 aromatic heterocycles. The van der Waals surface area contributed by atoms with Crippen molar-refractivity contribution in [1.29, 1.82) is 0 Å². The normalized spacial score (nSPS) is 34.8. The van der Waals surface area contributed by atoms with Gasteiger partial charge >= 0.3 is 0 Å². The van der Waals surface area contributed by atoms with Crippen molar-refractivity contribution in [2.24, 2.45) is 5.92 Å². The van der Waals surface area contributed by atoms with Gasteiger partial charge in [-0.15, -0.1) is 0 Å². The van der Waals surface area contributed by atoms with Crippen molar-refractivity contribution >= 4 is 0 Å². The number of nitrogens with one attached hydrogen (secondary N) is 1. The van der Waals surface area contributed by atoms with Crippen molar-refractivity contribution in [3.63, 3.8) is 0 Å². The lowest BCUT2D eigenvalue weighted by Crippen LogP contribution is -2.65. The number of rotatable bonds is 2. The molecule has 3 nitrogen and oxygen atoms in total. The molecule has 3 heteroatoms. The summed E-state index contributed by atoms with van der Waals surface area (Å²) in [6.45, 7) is 8.03. The van der Waals surface area contributed by atoms with Crippen molar-refractivity contribution in [1.82, 2.24) is 10.2 Å². The van der Waals surface area contributed by atoms with Crippen LogP contribution >= 0.6 is 0 Å². The predicted octanol–water partition coefficient (Wildman–Crippen LogP) is 2.02. The standard InChI is InChI=1S/C15H28N2O/c1-13(14-5-10-18-11-14)17-9-8-16-12-15(17)6-3-2-4-7-15/h13-14,16H,2-12H2,1H3. The molecule has 2 aliphatic heterocycles. The summed E-state index contributed by atoms with van der Waals surface area (Å²) in [6.07, 6.45) is 8.35. The summed E-state index contributed by atoms with van der Waals surface area (Å²) >= 11 is 0. The van der Waals surface area contributed by atoms with E-state index in [1.165, 1.54) is 58.2 Å². The molecular weight excluding hydrogens is 224 g/mol. The second-order valence-corrected chi connectivity index (χ2v) is 6.52. The molecule has 0 aromatic rings. The van der Waals surface area contributed by atoms with Crippen LogP contribution < -0.4 is 5.32 Å². The monoisotopic (exact) mass is 252 g/mol. The summed E-state index contributed by atoms with van der Waals surface area (Å²) in [7, 11) is 0. The Hall–Kier alpha value is -0.120. The van der Waals surface area contributed by atoms with Crippen LogP contribution in [0.1, 0.15) is 45.4 Å². The van der Waals surface area contributed by atoms with E-state index in [0.717, 1.165) is 19.1 Å². The lowest BCUT2D eigenvalue weighted by molar-refractivity contribution is -0.0214. The highest BCUT2D eigenvalue weighted by molar-refractivity contribution is 5.00. The molecule has 0 bridgehead atoms. The van der Waals surface area contributed by atoms with Gasteiger partial charge in [-0.2, -0.15) is 0 Å². The van der Waals surface area contributed by atoms with Gasteiger partial charge in [0.05, 0.1) is 6.61 Å². The molecule has 0 amide bonds. The van der Waals surface area contributed by atoms with Gasteiger partial charge in [-0.1, -0.05) is 19.3 Å². The van der Waals surface area contributed by atoms with E-state index >= 15 is 0 Å². The van der Waals surface area contributed by atoms with Crippen molar-refractivity contribution < 1.29 is 4.74 Å². The third-order valence-electron chi connectivity index (χ3n) is 5.52. The van der Waals surface area contributed by atoms with Gasteiger partial charge in [0.2, 0.25) is 0 Å². The van der Waals surface area contributed by atoms with Crippen LogP contribution in [0.3, 0.4) is 0 Å². The van der Waals surface area contributed by atoms with E-state index in [1.54, 1.807) is 0 Å². The molecule has 3 fully saturated rings. The minimum atomic E-state index is 0.471. The fourth-order valence-corrected chi connectivity index (χ4v) is 4.36. The second-order valence-electron chi connectivity index (χ2n) is 6.52. The maximum absolute atomic E-state index is 5.60. The Balaban J connectivity index is 1.73. The van der Waals surface area contributed by atoms with E-state index in [4.69, 9.17) is 4.74 Å². The molecule has 1 spiro atoms. The van der Waals surface area contributed by atoms with E-state index < -0.39 is 0 Å². The van der Waals surface area contributed by atoms with Gasteiger partial charge < -0.3 is 10.1 Å². The molecule has 2 heterocycles. The molecule has 104 valence electrons. The molecule has 0 radical (unpaired) electrons. The van der Waals surface area contributed by atoms with E-state index in [1.807, 2.05) is 0 Å². The van der Waals surface area contributed by atoms with Crippen LogP contribution in [0.5, 0.6) is 0 Å². The first-order valence-corrected chi connectivity index (χ1v) is 7.87. The van der Waals surface area contributed by atoms with Gasteiger partial charge in [-0.05, 0) is 32.1 Å². The van der Waals surface area contributed by atoms with Crippen LogP contribution in [0.25, 0.3) is 0 Å². The maximum atomic E-state index is 5.60. The van der Waals surface area contributed by atoms with Crippen molar-refractivity contribution in [3.8, 4) is 0 Å². The number of nitrogens with zero attached hydrogens (tertiary/aromatic N) is 1. The van der Waals surface area contributed by atoms with Crippen LogP contribution in [0.2, 0.25) is 0 Å². The number of hydrogen-bond donors (Lipinski definition) is 1. The number of ether oxygens (including phenoxy) is 1. The fourth-order valence-electron chi connectivity index (χ4n) is 4.36. The van der Waals surface area contributed by atoms with Crippen LogP contribution in [-0.4, -0.2) is 49.3 Å². The average Bonchev–Trinajstić information content (AvgIpc) is 2.93. The van der Waals surface area contributed by atoms with E-state index in [9.17, 15) is 0 Å². The van der Waals surface area contributed by atoms with Gasteiger partial charge in [-0.25, -0.2) is 0 Å². The van der Waals surface area contributed by atoms with Gasteiger partial charge in [0.25, 0.3) is 0 Å². The Labute approximate surface area is 111 Å². The van der Waals surface area contributed by atoms with Crippen LogP contribution in [-0.2, 0) is 4.74 Å². The molecule has 2 unspecified atom stereocenters. The quantitative estimate of drug-likeness (QED) is 0.814. The van der Waals surface area contributed by atoms with Gasteiger partial charge in [0, 0.05) is 37.8 Å². The molecule has 2 atom stereocenters. The lowest BCUT2D eigenvalue weighted by atomic mass is 9.77. The molecule has 1 N–H and O–H groups in total. The molecule has 3 aliphatic rings. The van der Waals surface area contributed by atoms with Crippen molar-refractivity contribution in [3.05, 3.63) is 0 Å². The Bertz CT molecular complexity index is 261. The highest BCUT2D eigenvalue weighted by Gasteiger charge is 2.43. The van der Waals surface area contributed by atoms with Gasteiger partial charge in [-0.3, -0.25) is 4.90 Å². The van der Waals surface area contributed by atoms with Crippen molar-refractivity contribution in [2.75, 3.05) is 32.8 Å². The number of piperazine rings is 1. The Morgan fingerprint density at radius 1 is 1.28 bits per heavy atom. The maximum Gasteiger partial charge on any atom is 0.0509 e. The third kappa shape index (κ3) is 2.33. The Kier molecular flexibility index (Phi) is 3.92. The van der Waals surface area contributed by atoms with E-state index in [0.29, 0.717) is 11.6 Å². The Morgan fingerprint density at radius 3 is 2.83 bits per heavy atom. The smallest absolute Gasteiger partial charge is 0.0509 e. The average molecular weight is 252 g/mol. The molecule has 1 aliphatic carbocycles. The molecule has 0 aromatic carbocycles. The van der Waals surface area contributed by atoms with Crippen LogP contribution in [0, 0.1) is 5.92 Å². The first-order chi connectivity index (χ1) is 8.82. The zero-order valence-corrected chi connectivity index (χ0v) is 11.8. The first-order valence-electron chi connectivity index (χ1n) is 7.87. The fraction of sp³-hybridized carbons (Fsp3) is 1.00. The minimum Gasteiger partial charge on any atom is -0.381 e. The zero-order valence-electron chi connectivity index (χ0n) is 11.8. The van der Waals surface area contributed by atoms with E-state index in [-0.39, 0.29) is 0 Å². The first kappa shape index (κ1) is 12.9. The summed E-state index contributed by atoms with van der Waals surface area (Å²) in [5.74, 6) is 0.766. The molecule has 2 saturated heterocycles. The summed E-state index contributed by atoms with van der Waals surface area (Å²) in [6, 6.07) is 0.702. The zero-order chi connectivity index (χ0) is 12.4. The topological polar surface area (TPSA) is 24.5 Å². The largest absolute Gasteiger partial charge is 0.381 e. The summed E-state index contributed by atoms with van der Waals surface area (Å²) in [5, 5.41) is 3.65. The highest BCUT2D eigenvalue weighted by atomic mass is 16.5. The molecule has 1 saturated carbocycles. The van der Waals surface area contributed by atoms with E-state index in [2.05, 4.69) is 17.1 Å². The highest BCUT2D eigenvalue weighted by Crippen LogP contribution is 2.38. The Morgan fingerprint density at radius 2 is 2.11 bits per heavy atom. The molecular formula is C15H28N2O. The minimum absolute atomic E-state index is 0.471. The van der Waals surface area contributed by atoms with Crippen molar-refractivity contribution in [2.45, 2.75) is 57.0 Å². The third-order valence-corrected chi connectivity index (χ3v) is 5.52.